The van der Waals surface area contributed by atoms with Crippen LogP contribution in [-0.4, -0.2) is 19.3 Å². The maximum atomic E-state index is 12.6. The molecule has 0 fully saturated rings. The van der Waals surface area contributed by atoms with Crippen molar-refractivity contribution in [3.63, 3.8) is 0 Å². The van der Waals surface area contributed by atoms with Gasteiger partial charge in [0.1, 0.15) is 0 Å². The summed E-state index contributed by atoms with van der Waals surface area (Å²) in [7, 11) is -3.50. The monoisotopic (exact) mass is 354 g/mol. The molecule has 0 aliphatic rings. The number of benzene rings is 1. The van der Waals surface area contributed by atoms with Crippen LogP contribution >= 0.6 is 7.82 Å². The summed E-state index contributed by atoms with van der Waals surface area (Å²) in [6, 6.07) is 10.2. The highest BCUT2D eigenvalue weighted by atomic mass is 31.2. The first-order valence-electron chi connectivity index (χ1n) is 8.91. The van der Waals surface area contributed by atoms with Crippen molar-refractivity contribution in [1.29, 1.82) is 0 Å². The van der Waals surface area contributed by atoms with Crippen molar-refractivity contribution in [1.82, 2.24) is 0 Å². The van der Waals surface area contributed by atoms with Crippen molar-refractivity contribution >= 4 is 7.82 Å². The molecule has 0 aliphatic carbocycles. The first kappa shape index (κ1) is 21.1. The molecule has 0 N–H and O–H groups in total. The van der Waals surface area contributed by atoms with Gasteiger partial charge in [0.05, 0.1) is 19.3 Å². The average molecular weight is 354 g/mol. The predicted octanol–water partition coefficient (Wildman–Crippen LogP) is 5.93. The fourth-order valence-corrected chi connectivity index (χ4v) is 3.62. The summed E-state index contributed by atoms with van der Waals surface area (Å²) in [5.41, 5.74) is 1.23. The van der Waals surface area contributed by atoms with E-state index in [0.29, 0.717) is 13.2 Å². The van der Waals surface area contributed by atoms with E-state index in [9.17, 15) is 4.57 Å². The highest BCUT2D eigenvalue weighted by molar-refractivity contribution is 7.48. The lowest BCUT2D eigenvalue weighted by Crippen LogP contribution is -2.12. The van der Waals surface area contributed by atoms with Gasteiger partial charge in [-0.2, -0.15) is 0 Å². The third-order valence-electron chi connectivity index (χ3n) is 3.47. The van der Waals surface area contributed by atoms with Crippen LogP contribution in [-0.2, 0) is 24.6 Å². The van der Waals surface area contributed by atoms with Crippen molar-refractivity contribution in [3.8, 4) is 0 Å². The topological polar surface area (TPSA) is 44.8 Å². The molecule has 136 valence electrons. The molecule has 0 radical (unpaired) electrons. The molecule has 5 heteroatoms. The molecule has 0 aromatic heterocycles. The van der Waals surface area contributed by atoms with Gasteiger partial charge in [0, 0.05) is 0 Å². The minimum absolute atomic E-state index is 0.286. The zero-order valence-electron chi connectivity index (χ0n) is 15.1. The van der Waals surface area contributed by atoms with E-state index in [4.69, 9.17) is 13.6 Å². The Balaban J connectivity index is 2.71. The Morgan fingerprint density at radius 1 is 1.08 bits per heavy atom. The molecule has 1 aromatic carbocycles. The smallest absolute Gasteiger partial charge is 0.287 e. The van der Waals surface area contributed by atoms with Crippen molar-refractivity contribution in [2.45, 2.75) is 59.0 Å². The van der Waals surface area contributed by atoms with Crippen LogP contribution in [0.1, 0.15) is 52.0 Å². The van der Waals surface area contributed by atoms with Gasteiger partial charge in [-0.15, -0.1) is 0 Å². The molecular weight excluding hydrogens is 323 g/mol. The molecule has 0 bridgehead atoms. The molecule has 0 saturated carbocycles. The Morgan fingerprint density at radius 2 is 1.75 bits per heavy atom. The Morgan fingerprint density at radius 3 is 2.33 bits per heavy atom. The zero-order chi connectivity index (χ0) is 17.7. The van der Waals surface area contributed by atoms with Crippen LogP contribution < -0.4 is 0 Å². The van der Waals surface area contributed by atoms with Crippen LogP contribution in [0.4, 0.5) is 0 Å². The number of allylic oxidation sites excluding steroid dienone is 1. The zero-order valence-corrected chi connectivity index (χ0v) is 16.0. The highest BCUT2D eigenvalue weighted by Crippen LogP contribution is 2.50. The first-order valence-corrected chi connectivity index (χ1v) is 10.4. The molecule has 0 saturated heterocycles. The molecule has 0 amide bonds. The number of unbranched alkanes of at least 4 members (excludes halogenated alkanes) is 2. The molecule has 1 aromatic rings. The van der Waals surface area contributed by atoms with Gasteiger partial charge in [-0.05, 0) is 38.7 Å². The average Bonchev–Trinajstić information content (AvgIpc) is 2.57. The number of hydrogen-bond donors (Lipinski definition) is 0. The molecule has 1 rings (SSSR count). The standard InChI is InChI=1S/C19H31O4P/c1-4-7-8-12-15-19(17-16-18-13-10-9-11-14-18)23-24(20,21-5-2)22-6-3/h9-15,19H,4-8,16-17H2,1-3H3/b15-12+. The second kappa shape index (κ2) is 12.4. The van der Waals surface area contributed by atoms with Gasteiger partial charge in [0.2, 0.25) is 0 Å². The van der Waals surface area contributed by atoms with Crippen LogP contribution in [0.15, 0.2) is 42.5 Å². The van der Waals surface area contributed by atoms with Crippen LogP contribution in [0.5, 0.6) is 0 Å². The van der Waals surface area contributed by atoms with Gasteiger partial charge >= 0.3 is 7.82 Å². The summed E-state index contributed by atoms with van der Waals surface area (Å²) < 4.78 is 28.9. The van der Waals surface area contributed by atoms with Crippen LogP contribution in [0, 0.1) is 0 Å². The third kappa shape index (κ3) is 8.79. The molecule has 4 nitrogen and oxygen atoms in total. The van der Waals surface area contributed by atoms with Gasteiger partial charge < -0.3 is 0 Å². The molecule has 0 heterocycles. The van der Waals surface area contributed by atoms with E-state index in [1.165, 1.54) is 5.56 Å². The first-order chi connectivity index (χ1) is 11.6. The normalized spacial score (nSPS) is 13.5. The fourth-order valence-electron chi connectivity index (χ4n) is 2.29. The van der Waals surface area contributed by atoms with Crippen molar-refractivity contribution in [2.24, 2.45) is 0 Å². The second-order valence-corrected chi connectivity index (χ2v) is 7.14. The van der Waals surface area contributed by atoms with E-state index >= 15 is 0 Å². The second-order valence-electron chi connectivity index (χ2n) is 5.52. The van der Waals surface area contributed by atoms with Crippen molar-refractivity contribution < 1.29 is 18.1 Å². The van der Waals surface area contributed by atoms with Crippen molar-refractivity contribution in [2.75, 3.05) is 13.2 Å². The Kier molecular flexibility index (Phi) is 10.9. The summed E-state index contributed by atoms with van der Waals surface area (Å²) in [4.78, 5) is 0. The van der Waals surface area contributed by atoms with E-state index < -0.39 is 7.82 Å². The number of phosphoric acid groups is 1. The van der Waals surface area contributed by atoms with Crippen LogP contribution in [0.2, 0.25) is 0 Å². The van der Waals surface area contributed by atoms with E-state index in [2.05, 4.69) is 25.1 Å². The summed E-state index contributed by atoms with van der Waals surface area (Å²) in [6.45, 7) is 6.32. The molecule has 0 aliphatic heterocycles. The lowest BCUT2D eigenvalue weighted by atomic mass is 10.1. The van der Waals surface area contributed by atoms with Gasteiger partial charge in [0.25, 0.3) is 0 Å². The summed E-state index contributed by atoms with van der Waals surface area (Å²) in [5.74, 6) is 0. The van der Waals surface area contributed by atoms with Gasteiger partial charge in [-0.25, -0.2) is 4.57 Å². The summed E-state index contributed by atoms with van der Waals surface area (Å²) in [6.07, 6.45) is 8.66. The SMILES string of the molecule is CCCC/C=C/C(CCc1ccccc1)OP(=O)(OCC)OCC. The quantitative estimate of drug-likeness (QED) is 0.250. The highest BCUT2D eigenvalue weighted by Gasteiger charge is 2.28. The minimum atomic E-state index is -3.50. The third-order valence-corrected chi connectivity index (χ3v) is 5.15. The summed E-state index contributed by atoms with van der Waals surface area (Å²) in [5, 5.41) is 0. The Bertz CT molecular complexity index is 491. The largest absolute Gasteiger partial charge is 0.475 e. The molecule has 24 heavy (non-hydrogen) atoms. The van der Waals surface area contributed by atoms with Crippen LogP contribution in [0.3, 0.4) is 0 Å². The van der Waals surface area contributed by atoms with Crippen LogP contribution in [0.25, 0.3) is 0 Å². The fraction of sp³-hybridized carbons (Fsp3) is 0.579. The van der Waals surface area contributed by atoms with E-state index in [1.54, 1.807) is 13.8 Å². The van der Waals surface area contributed by atoms with Crippen molar-refractivity contribution in [3.05, 3.63) is 48.0 Å². The lowest BCUT2D eigenvalue weighted by Gasteiger charge is -2.21. The Hall–Kier alpha value is -0.930. The Labute approximate surface area is 146 Å². The maximum Gasteiger partial charge on any atom is 0.475 e. The van der Waals surface area contributed by atoms with E-state index in [-0.39, 0.29) is 6.10 Å². The van der Waals surface area contributed by atoms with Gasteiger partial charge in [-0.1, -0.05) is 62.2 Å². The number of aryl methyl sites for hydroxylation is 1. The van der Waals surface area contributed by atoms with E-state index in [1.807, 2.05) is 24.3 Å². The van der Waals surface area contributed by atoms with Gasteiger partial charge in [0.15, 0.2) is 0 Å². The molecule has 1 atom stereocenters. The molecular formula is C19H31O4P. The predicted molar refractivity (Wildman–Crippen MR) is 99.2 cm³/mol. The number of hydrogen-bond acceptors (Lipinski definition) is 4. The lowest BCUT2D eigenvalue weighted by molar-refractivity contribution is 0.0976. The number of rotatable bonds is 13. The molecule has 0 spiro atoms. The minimum Gasteiger partial charge on any atom is -0.287 e. The molecule has 1 unspecified atom stereocenters. The van der Waals surface area contributed by atoms with Gasteiger partial charge in [-0.3, -0.25) is 13.6 Å². The number of phosphoric ester groups is 1. The summed E-state index contributed by atoms with van der Waals surface area (Å²) >= 11 is 0. The van der Waals surface area contributed by atoms with E-state index in [0.717, 1.165) is 32.1 Å². The maximum absolute atomic E-state index is 12.6.